The van der Waals surface area contributed by atoms with Gasteiger partial charge < -0.3 is 10.1 Å². The minimum absolute atomic E-state index is 0.00986. The van der Waals surface area contributed by atoms with Crippen LogP contribution in [-0.4, -0.2) is 22.1 Å². The van der Waals surface area contributed by atoms with Crippen molar-refractivity contribution in [3.8, 4) is 5.75 Å². The third-order valence-electron chi connectivity index (χ3n) is 3.42. The van der Waals surface area contributed by atoms with Crippen molar-refractivity contribution in [3.05, 3.63) is 65.1 Å². The second kappa shape index (κ2) is 7.08. The van der Waals surface area contributed by atoms with Crippen LogP contribution in [0.5, 0.6) is 5.75 Å². The number of aromatic nitrogens is 2. The Hall–Kier alpha value is -3.29. The smallest absolute Gasteiger partial charge is 0.387 e. The van der Waals surface area contributed by atoms with Gasteiger partial charge in [-0.25, -0.2) is 4.98 Å². The highest BCUT2D eigenvalue weighted by molar-refractivity contribution is 5.91. The average molecular weight is 345 g/mol. The van der Waals surface area contributed by atoms with Gasteiger partial charge in [-0.15, -0.1) is 0 Å². The van der Waals surface area contributed by atoms with Crippen molar-refractivity contribution in [1.29, 1.82) is 0 Å². The summed E-state index contributed by atoms with van der Waals surface area (Å²) >= 11 is 0. The standard InChI is InChI=1S/C17H13F2N3O3/c18-17(19)25-12-7-5-11(6-8-12)21-15(23)10-22-14-4-2-1-3-13(14)20-9-16(22)24/h1-9,17H,10H2,(H,21,23). The third-order valence-corrected chi connectivity index (χ3v) is 3.42. The van der Waals surface area contributed by atoms with E-state index in [2.05, 4.69) is 15.0 Å². The number of para-hydroxylation sites is 2. The molecule has 0 aliphatic rings. The highest BCUT2D eigenvalue weighted by atomic mass is 19.3. The summed E-state index contributed by atoms with van der Waals surface area (Å²) in [5.41, 5.74) is 1.15. The maximum atomic E-state index is 12.2. The molecule has 8 heteroatoms. The summed E-state index contributed by atoms with van der Waals surface area (Å²) in [6.45, 7) is -3.11. The van der Waals surface area contributed by atoms with E-state index in [1.54, 1.807) is 24.3 Å². The molecular weight excluding hydrogens is 332 g/mol. The molecule has 1 aromatic heterocycles. The first kappa shape index (κ1) is 16.6. The monoisotopic (exact) mass is 345 g/mol. The number of nitrogens with zero attached hydrogens (tertiary/aromatic N) is 2. The van der Waals surface area contributed by atoms with Crippen molar-refractivity contribution >= 4 is 22.6 Å². The number of halogens is 2. The molecule has 25 heavy (non-hydrogen) atoms. The van der Waals surface area contributed by atoms with Crippen molar-refractivity contribution in [2.24, 2.45) is 0 Å². The van der Waals surface area contributed by atoms with Gasteiger partial charge in [0.15, 0.2) is 0 Å². The van der Waals surface area contributed by atoms with Crippen LogP contribution < -0.4 is 15.6 Å². The summed E-state index contributed by atoms with van der Waals surface area (Å²) in [6, 6.07) is 12.5. The minimum atomic E-state index is -2.91. The predicted molar refractivity (Wildman–Crippen MR) is 87.7 cm³/mol. The van der Waals surface area contributed by atoms with E-state index in [4.69, 9.17) is 0 Å². The van der Waals surface area contributed by atoms with Crippen molar-refractivity contribution < 1.29 is 18.3 Å². The summed E-state index contributed by atoms with van der Waals surface area (Å²) in [5.74, 6) is -0.440. The normalized spacial score (nSPS) is 10.8. The molecule has 0 bridgehead atoms. The molecule has 0 saturated heterocycles. The molecule has 6 nitrogen and oxygen atoms in total. The minimum Gasteiger partial charge on any atom is -0.435 e. The number of ether oxygens (including phenoxy) is 1. The lowest BCUT2D eigenvalue weighted by Crippen LogP contribution is -2.27. The fraction of sp³-hybridized carbons (Fsp3) is 0.118. The number of carbonyl (C=O) groups excluding carboxylic acids is 1. The second-order valence-electron chi connectivity index (χ2n) is 5.12. The molecular formula is C17H13F2N3O3. The molecule has 1 heterocycles. The van der Waals surface area contributed by atoms with Gasteiger partial charge in [0, 0.05) is 5.69 Å². The van der Waals surface area contributed by atoms with E-state index in [0.717, 1.165) is 6.20 Å². The van der Waals surface area contributed by atoms with Crippen LogP contribution in [0.4, 0.5) is 14.5 Å². The first-order valence-electron chi connectivity index (χ1n) is 7.32. The van der Waals surface area contributed by atoms with Crippen LogP contribution in [0.3, 0.4) is 0 Å². The molecule has 0 spiro atoms. The topological polar surface area (TPSA) is 73.2 Å². The summed E-state index contributed by atoms with van der Waals surface area (Å²) in [6.07, 6.45) is 1.16. The van der Waals surface area contributed by atoms with Crippen LogP contribution in [0, 0.1) is 0 Å². The highest BCUT2D eigenvalue weighted by Crippen LogP contribution is 2.17. The van der Waals surface area contributed by atoms with Crippen LogP contribution >= 0.6 is 0 Å². The van der Waals surface area contributed by atoms with Gasteiger partial charge in [0.05, 0.1) is 17.2 Å². The molecule has 1 N–H and O–H groups in total. The van der Waals surface area contributed by atoms with Crippen LogP contribution in [-0.2, 0) is 11.3 Å². The van der Waals surface area contributed by atoms with Gasteiger partial charge in [-0.05, 0) is 36.4 Å². The lowest BCUT2D eigenvalue weighted by Gasteiger charge is -2.10. The number of amides is 1. The van der Waals surface area contributed by atoms with Gasteiger partial charge in [-0.2, -0.15) is 8.78 Å². The summed E-state index contributed by atoms with van der Waals surface area (Å²) < 4.78 is 29.8. The Bertz CT molecular complexity index is 955. The molecule has 0 aliphatic heterocycles. The Balaban J connectivity index is 1.75. The van der Waals surface area contributed by atoms with Crippen LogP contribution in [0.25, 0.3) is 11.0 Å². The third kappa shape index (κ3) is 3.97. The Morgan fingerprint density at radius 2 is 1.88 bits per heavy atom. The number of hydrogen-bond acceptors (Lipinski definition) is 4. The maximum Gasteiger partial charge on any atom is 0.387 e. The van der Waals surface area contributed by atoms with Gasteiger partial charge in [0.25, 0.3) is 5.56 Å². The molecule has 0 atom stereocenters. The number of fused-ring (bicyclic) bond motifs is 1. The average Bonchev–Trinajstić information content (AvgIpc) is 2.59. The lowest BCUT2D eigenvalue weighted by atomic mass is 10.3. The van der Waals surface area contributed by atoms with E-state index in [1.807, 2.05) is 0 Å². The quantitative estimate of drug-likeness (QED) is 0.771. The number of anilines is 1. The number of nitrogens with one attached hydrogen (secondary N) is 1. The molecule has 1 amide bonds. The molecule has 3 aromatic rings. The molecule has 0 aliphatic carbocycles. The van der Waals surface area contributed by atoms with Gasteiger partial charge in [0.1, 0.15) is 12.3 Å². The van der Waals surface area contributed by atoms with Crippen molar-refractivity contribution in [2.75, 3.05) is 5.32 Å². The van der Waals surface area contributed by atoms with Gasteiger partial charge in [-0.1, -0.05) is 12.1 Å². The second-order valence-corrected chi connectivity index (χ2v) is 5.12. The van der Waals surface area contributed by atoms with Crippen LogP contribution in [0.2, 0.25) is 0 Å². The molecule has 128 valence electrons. The maximum absolute atomic E-state index is 12.2. The largest absolute Gasteiger partial charge is 0.435 e. The number of hydrogen-bond donors (Lipinski definition) is 1. The van der Waals surface area contributed by atoms with Crippen molar-refractivity contribution in [3.63, 3.8) is 0 Å². The Morgan fingerprint density at radius 3 is 2.60 bits per heavy atom. The van der Waals surface area contributed by atoms with Crippen molar-refractivity contribution in [2.45, 2.75) is 13.2 Å². The van der Waals surface area contributed by atoms with E-state index in [0.29, 0.717) is 16.7 Å². The van der Waals surface area contributed by atoms with Gasteiger partial charge in [0.2, 0.25) is 5.91 Å². The first-order chi connectivity index (χ1) is 12.0. The lowest BCUT2D eigenvalue weighted by molar-refractivity contribution is -0.116. The zero-order valence-electron chi connectivity index (χ0n) is 12.9. The van der Waals surface area contributed by atoms with Crippen LogP contribution in [0.1, 0.15) is 0 Å². The highest BCUT2D eigenvalue weighted by Gasteiger charge is 2.10. The summed E-state index contributed by atoms with van der Waals surface area (Å²) in [5, 5.41) is 2.60. The summed E-state index contributed by atoms with van der Waals surface area (Å²) in [7, 11) is 0. The van der Waals surface area contributed by atoms with E-state index in [9.17, 15) is 18.4 Å². The molecule has 0 radical (unpaired) electrons. The van der Waals surface area contributed by atoms with E-state index in [1.165, 1.54) is 28.8 Å². The van der Waals surface area contributed by atoms with E-state index < -0.39 is 18.1 Å². The fourth-order valence-corrected chi connectivity index (χ4v) is 2.34. The number of benzene rings is 2. The zero-order chi connectivity index (χ0) is 17.8. The zero-order valence-corrected chi connectivity index (χ0v) is 12.9. The van der Waals surface area contributed by atoms with Crippen LogP contribution in [0.15, 0.2) is 59.5 Å². The molecule has 2 aromatic carbocycles. The Kier molecular flexibility index (Phi) is 4.69. The first-order valence-corrected chi connectivity index (χ1v) is 7.32. The molecule has 0 unspecified atom stereocenters. The van der Waals surface area contributed by atoms with E-state index >= 15 is 0 Å². The number of carbonyl (C=O) groups is 1. The SMILES string of the molecule is O=C(Cn1c(=O)cnc2ccccc21)Nc1ccc(OC(F)F)cc1. The molecule has 0 saturated carbocycles. The Morgan fingerprint density at radius 1 is 1.16 bits per heavy atom. The Labute approximate surface area is 140 Å². The van der Waals surface area contributed by atoms with Gasteiger partial charge >= 0.3 is 6.61 Å². The summed E-state index contributed by atoms with van der Waals surface area (Å²) in [4.78, 5) is 28.2. The van der Waals surface area contributed by atoms with Gasteiger partial charge in [-0.3, -0.25) is 14.2 Å². The molecule has 3 rings (SSSR count). The predicted octanol–water partition coefficient (Wildman–Crippen LogP) is 2.64. The molecule has 0 fully saturated rings. The number of alkyl halides is 2. The van der Waals surface area contributed by atoms with E-state index in [-0.39, 0.29) is 12.3 Å². The van der Waals surface area contributed by atoms with Crippen molar-refractivity contribution in [1.82, 2.24) is 9.55 Å². The fourth-order valence-electron chi connectivity index (χ4n) is 2.34. The number of rotatable bonds is 5.